The third-order valence-corrected chi connectivity index (χ3v) is 7.03. The molecule has 3 aromatic heterocycles. The second-order valence-corrected chi connectivity index (χ2v) is 9.60. The zero-order valence-electron chi connectivity index (χ0n) is 17.9. The maximum absolute atomic E-state index is 13.4. The number of ether oxygens (including phenoxy) is 1. The topological polar surface area (TPSA) is 89.1 Å². The van der Waals surface area contributed by atoms with E-state index in [1.54, 1.807) is 35.6 Å². The van der Waals surface area contributed by atoms with Crippen LogP contribution in [0.4, 0.5) is 5.82 Å². The largest absolute Gasteiger partial charge is 0.467 e. The third-order valence-electron chi connectivity index (χ3n) is 5.65. The number of aromatic nitrogens is 2. The highest BCUT2D eigenvalue weighted by Gasteiger charge is 2.35. The molecule has 170 valence electrons. The summed E-state index contributed by atoms with van der Waals surface area (Å²) in [7, 11) is 0. The van der Waals surface area contributed by atoms with Crippen LogP contribution in [0.5, 0.6) is 0 Å². The van der Waals surface area contributed by atoms with E-state index in [9.17, 15) is 9.59 Å². The molecular weight excluding hydrogens is 460 g/mol. The molecule has 2 aliphatic heterocycles. The van der Waals surface area contributed by atoms with E-state index in [0.29, 0.717) is 51.7 Å². The molecule has 10 heteroatoms. The van der Waals surface area contributed by atoms with Crippen molar-refractivity contribution in [2.75, 3.05) is 18.5 Å². The minimum atomic E-state index is -0.268. The van der Waals surface area contributed by atoms with Crippen molar-refractivity contribution in [2.24, 2.45) is 0 Å². The number of pyridine rings is 1. The first-order valence-electron chi connectivity index (χ1n) is 10.7. The van der Waals surface area contributed by atoms with Gasteiger partial charge in [-0.3, -0.25) is 18.9 Å². The molecule has 0 aliphatic carbocycles. The molecule has 2 saturated heterocycles. The van der Waals surface area contributed by atoms with E-state index in [1.807, 2.05) is 19.1 Å². The Morgan fingerprint density at radius 3 is 2.97 bits per heavy atom. The van der Waals surface area contributed by atoms with Gasteiger partial charge in [-0.1, -0.05) is 30.0 Å². The van der Waals surface area contributed by atoms with E-state index in [0.717, 1.165) is 18.4 Å². The first kappa shape index (κ1) is 21.9. The first-order valence-corrected chi connectivity index (χ1v) is 11.9. The fourth-order valence-corrected chi connectivity index (χ4v) is 5.20. The summed E-state index contributed by atoms with van der Waals surface area (Å²) < 4.78 is 13.0. The van der Waals surface area contributed by atoms with Crippen molar-refractivity contribution in [1.29, 1.82) is 0 Å². The van der Waals surface area contributed by atoms with Gasteiger partial charge in [0.05, 0.1) is 35.9 Å². The summed E-state index contributed by atoms with van der Waals surface area (Å²) in [6.07, 6.45) is 6.74. The number of nitrogens with zero attached hydrogens (tertiary/aromatic N) is 3. The number of thiocarbonyl (C=S) groups is 1. The van der Waals surface area contributed by atoms with Crippen molar-refractivity contribution in [3.63, 3.8) is 0 Å². The summed E-state index contributed by atoms with van der Waals surface area (Å²) in [6, 6.07) is 7.33. The van der Waals surface area contributed by atoms with Crippen molar-refractivity contribution < 1.29 is 13.9 Å². The molecule has 2 aliphatic rings. The van der Waals surface area contributed by atoms with E-state index < -0.39 is 0 Å². The zero-order valence-corrected chi connectivity index (χ0v) is 19.6. The summed E-state index contributed by atoms with van der Waals surface area (Å²) >= 11 is 6.65. The fourth-order valence-electron chi connectivity index (χ4n) is 3.94. The molecule has 0 unspecified atom stereocenters. The van der Waals surface area contributed by atoms with E-state index in [1.165, 1.54) is 16.2 Å². The molecule has 2 fully saturated rings. The lowest BCUT2D eigenvalue weighted by Crippen LogP contribution is -2.35. The van der Waals surface area contributed by atoms with E-state index in [-0.39, 0.29) is 17.6 Å². The van der Waals surface area contributed by atoms with Crippen LogP contribution in [0.15, 0.2) is 50.8 Å². The Labute approximate surface area is 199 Å². The molecule has 0 aromatic carbocycles. The molecule has 1 N–H and O–H groups in total. The van der Waals surface area contributed by atoms with Crippen LogP contribution in [0, 0.1) is 6.92 Å². The average molecular weight is 483 g/mol. The lowest BCUT2D eigenvalue weighted by atomic mass is 10.2. The molecule has 33 heavy (non-hydrogen) atoms. The van der Waals surface area contributed by atoms with Crippen LogP contribution in [-0.2, 0) is 16.1 Å². The molecule has 3 aromatic rings. The van der Waals surface area contributed by atoms with Gasteiger partial charge < -0.3 is 14.5 Å². The summed E-state index contributed by atoms with van der Waals surface area (Å²) in [4.78, 5) is 33.2. The van der Waals surface area contributed by atoms with Gasteiger partial charge in [0.1, 0.15) is 21.5 Å². The minimum absolute atomic E-state index is 0.00620. The Kier molecular flexibility index (Phi) is 6.05. The summed E-state index contributed by atoms with van der Waals surface area (Å²) in [5.74, 6) is 0.872. The highest BCUT2D eigenvalue weighted by Crippen LogP contribution is 2.34. The lowest BCUT2D eigenvalue weighted by molar-refractivity contribution is -0.123. The van der Waals surface area contributed by atoms with Crippen molar-refractivity contribution in [3.05, 3.63) is 68.9 Å². The number of aryl methyl sites for hydroxylation is 1. The number of carbonyl (C=O) groups excluding carboxylic acids is 1. The molecule has 0 bridgehead atoms. The molecule has 0 radical (unpaired) electrons. The van der Waals surface area contributed by atoms with Gasteiger partial charge in [0, 0.05) is 12.8 Å². The summed E-state index contributed by atoms with van der Waals surface area (Å²) in [6.45, 7) is 3.38. The van der Waals surface area contributed by atoms with Crippen LogP contribution in [0.1, 0.15) is 29.7 Å². The molecule has 5 rings (SSSR count). The SMILES string of the molecule is Cc1cccn2c(=O)c(/C=C3\SC(=S)N(C[C@@H]4CCCO4)C3=O)c(NCc3ccco3)nc12. The smallest absolute Gasteiger partial charge is 0.267 e. The van der Waals surface area contributed by atoms with Gasteiger partial charge in [-0.25, -0.2) is 4.98 Å². The quantitative estimate of drug-likeness (QED) is 0.421. The average Bonchev–Trinajstić information content (AvgIpc) is 3.55. The van der Waals surface area contributed by atoms with Gasteiger partial charge in [-0.05, 0) is 49.6 Å². The number of rotatable bonds is 6. The maximum Gasteiger partial charge on any atom is 0.267 e. The third kappa shape index (κ3) is 4.33. The first-order chi connectivity index (χ1) is 16.0. The monoisotopic (exact) mass is 482 g/mol. The Morgan fingerprint density at radius 1 is 1.33 bits per heavy atom. The van der Waals surface area contributed by atoms with Gasteiger partial charge in [-0.15, -0.1) is 0 Å². The van der Waals surface area contributed by atoms with Gasteiger partial charge in [-0.2, -0.15) is 0 Å². The number of hydrogen-bond acceptors (Lipinski definition) is 8. The Morgan fingerprint density at radius 2 is 2.21 bits per heavy atom. The Hall–Kier alpha value is -2.95. The predicted molar refractivity (Wildman–Crippen MR) is 131 cm³/mol. The number of fused-ring (bicyclic) bond motifs is 1. The highest BCUT2D eigenvalue weighted by atomic mass is 32.2. The van der Waals surface area contributed by atoms with Gasteiger partial charge in [0.25, 0.3) is 11.5 Å². The number of thioether (sulfide) groups is 1. The Balaban J connectivity index is 1.53. The van der Waals surface area contributed by atoms with Crippen LogP contribution < -0.4 is 10.9 Å². The molecular formula is C23H22N4O4S2. The van der Waals surface area contributed by atoms with Gasteiger partial charge in [0.2, 0.25) is 0 Å². The molecule has 8 nitrogen and oxygen atoms in total. The number of hydrogen-bond donors (Lipinski definition) is 1. The number of anilines is 1. The molecule has 0 spiro atoms. The Bertz CT molecular complexity index is 1310. The zero-order chi connectivity index (χ0) is 22.9. The predicted octanol–water partition coefficient (Wildman–Crippen LogP) is 3.59. The fraction of sp³-hybridized carbons (Fsp3) is 0.304. The number of carbonyl (C=O) groups is 1. The second-order valence-electron chi connectivity index (χ2n) is 7.92. The van der Waals surface area contributed by atoms with Crippen LogP contribution in [-0.4, -0.2) is 43.8 Å². The maximum atomic E-state index is 13.4. The van der Waals surface area contributed by atoms with E-state index >= 15 is 0 Å². The van der Waals surface area contributed by atoms with E-state index in [2.05, 4.69) is 5.32 Å². The van der Waals surface area contributed by atoms with Gasteiger partial charge >= 0.3 is 0 Å². The van der Waals surface area contributed by atoms with Crippen LogP contribution in [0.2, 0.25) is 0 Å². The molecule has 5 heterocycles. The standard InChI is InChI=1S/C23H22N4O4S2/c1-14-5-2-8-26-20(14)25-19(24-12-15-6-3-9-30-15)17(21(26)28)11-18-22(29)27(23(32)33-18)13-16-7-4-10-31-16/h2-3,5-6,8-9,11,16,24H,4,7,10,12-13H2,1H3/b18-11-/t16-/m0/s1. The lowest BCUT2D eigenvalue weighted by Gasteiger charge is -2.18. The van der Waals surface area contributed by atoms with E-state index in [4.69, 9.17) is 26.4 Å². The summed E-state index contributed by atoms with van der Waals surface area (Å²) in [5, 5.41) is 3.20. The van der Waals surface area contributed by atoms with Crippen LogP contribution in [0.25, 0.3) is 11.7 Å². The second kappa shape index (κ2) is 9.12. The van der Waals surface area contributed by atoms with Crippen molar-refractivity contribution >= 4 is 51.7 Å². The molecule has 1 atom stereocenters. The number of furan rings is 1. The van der Waals surface area contributed by atoms with Crippen molar-refractivity contribution in [1.82, 2.24) is 14.3 Å². The van der Waals surface area contributed by atoms with Crippen LogP contribution >= 0.6 is 24.0 Å². The van der Waals surface area contributed by atoms with Gasteiger partial charge in [0.15, 0.2) is 0 Å². The molecule has 1 amide bonds. The van der Waals surface area contributed by atoms with Crippen molar-refractivity contribution in [2.45, 2.75) is 32.4 Å². The summed E-state index contributed by atoms with van der Waals surface area (Å²) in [5.41, 5.74) is 1.44. The number of nitrogens with one attached hydrogen (secondary N) is 1. The molecule has 0 saturated carbocycles. The number of amides is 1. The highest BCUT2D eigenvalue weighted by molar-refractivity contribution is 8.26. The minimum Gasteiger partial charge on any atom is -0.467 e. The van der Waals surface area contributed by atoms with Crippen LogP contribution in [0.3, 0.4) is 0 Å². The normalized spacial score (nSPS) is 19.8. The van der Waals surface area contributed by atoms with Crippen molar-refractivity contribution in [3.8, 4) is 0 Å².